The Morgan fingerprint density at radius 1 is 1.44 bits per heavy atom. The molecule has 0 radical (unpaired) electrons. The lowest BCUT2D eigenvalue weighted by molar-refractivity contribution is 0.265. The highest BCUT2D eigenvalue weighted by molar-refractivity contribution is 7.89. The van der Waals surface area contributed by atoms with E-state index >= 15 is 0 Å². The summed E-state index contributed by atoms with van der Waals surface area (Å²) in [5.41, 5.74) is 5.53. The Morgan fingerprint density at radius 2 is 2.11 bits per heavy atom. The van der Waals surface area contributed by atoms with Crippen molar-refractivity contribution in [1.29, 1.82) is 0 Å². The van der Waals surface area contributed by atoms with E-state index in [1.54, 1.807) is 17.8 Å². The van der Waals surface area contributed by atoms with Gasteiger partial charge in [0, 0.05) is 26.3 Å². The molecule has 1 aliphatic rings. The lowest BCUT2D eigenvalue weighted by Crippen LogP contribution is -2.38. The van der Waals surface area contributed by atoms with Crippen LogP contribution in [0.3, 0.4) is 0 Å². The van der Waals surface area contributed by atoms with Crippen molar-refractivity contribution >= 4 is 10.0 Å². The molecule has 1 saturated heterocycles. The highest BCUT2D eigenvalue weighted by Gasteiger charge is 2.30. The molecule has 18 heavy (non-hydrogen) atoms. The molecule has 2 heterocycles. The molecule has 7 heteroatoms. The molecule has 0 aromatic carbocycles. The molecule has 2 N–H and O–H groups in total. The van der Waals surface area contributed by atoms with Crippen molar-refractivity contribution in [1.82, 2.24) is 13.9 Å². The van der Waals surface area contributed by atoms with E-state index in [2.05, 4.69) is 4.98 Å². The number of piperidine rings is 1. The SMILES string of the molecule is Cn1cnc(S(=O)(=O)N2CCC(CCN)CC2)c1. The first kappa shape index (κ1) is 13.5. The molecule has 102 valence electrons. The van der Waals surface area contributed by atoms with Crippen LogP contribution in [0.5, 0.6) is 0 Å². The lowest BCUT2D eigenvalue weighted by Gasteiger charge is -2.30. The third-order valence-electron chi connectivity index (χ3n) is 3.43. The molecule has 0 amide bonds. The topological polar surface area (TPSA) is 81.2 Å². The van der Waals surface area contributed by atoms with Crippen LogP contribution in [0.25, 0.3) is 0 Å². The maximum absolute atomic E-state index is 12.3. The smallest absolute Gasteiger partial charge is 0.262 e. The number of nitrogens with zero attached hydrogens (tertiary/aromatic N) is 3. The van der Waals surface area contributed by atoms with Crippen LogP contribution in [0.2, 0.25) is 0 Å². The van der Waals surface area contributed by atoms with Gasteiger partial charge in [-0.05, 0) is 31.7 Å². The average molecular weight is 272 g/mol. The molecule has 1 aromatic heterocycles. The Balaban J connectivity index is 2.05. The van der Waals surface area contributed by atoms with Gasteiger partial charge in [-0.2, -0.15) is 4.31 Å². The van der Waals surface area contributed by atoms with E-state index in [-0.39, 0.29) is 5.03 Å². The maximum atomic E-state index is 12.3. The zero-order valence-electron chi connectivity index (χ0n) is 10.6. The first-order valence-corrected chi connectivity index (χ1v) is 7.66. The van der Waals surface area contributed by atoms with E-state index in [1.807, 2.05) is 0 Å². The van der Waals surface area contributed by atoms with E-state index < -0.39 is 10.0 Å². The van der Waals surface area contributed by atoms with Crippen molar-refractivity contribution in [3.8, 4) is 0 Å². The van der Waals surface area contributed by atoms with Crippen LogP contribution < -0.4 is 5.73 Å². The fraction of sp³-hybridized carbons (Fsp3) is 0.727. The summed E-state index contributed by atoms with van der Waals surface area (Å²) in [5, 5.41) is 0.141. The maximum Gasteiger partial charge on any atom is 0.262 e. The van der Waals surface area contributed by atoms with Crippen molar-refractivity contribution in [2.45, 2.75) is 24.3 Å². The van der Waals surface area contributed by atoms with Gasteiger partial charge in [0.15, 0.2) is 5.03 Å². The normalized spacial score (nSPS) is 19.2. The second-order valence-corrected chi connectivity index (χ2v) is 6.69. The van der Waals surface area contributed by atoms with Gasteiger partial charge in [-0.15, -0.1) is 0 Å². The second-order valence-electron chi connectivity index (χ2n) is 4.80. The monoisotopic (exact) mass is 272 g/mol. The van der Waals surface area contributed by atoms with Gasteiger partial charge in [0.2, 0.25) is 0 Å². The fourth-order valence-corrected chi connectivity index (χ4v) is 3.76. The van der Waals surface area contributed by atoms with Gasteiger partial charge < -0.3 is 10.3 Å². The Hall–Kier alpha value is -0.920. The van der Waals surface area contributed by atoms with Gasteiger partial charge in [0.05, 0.1) is 6.33 Å². The zero-order valence-corrected chi connectivity index (χ0v) is 11.4. The minimum absolute atomic E-state index is 0.141. The molecule has 0 saturated carbocycles. The van der Waals surface area contributed by atoms with Gasteiger partial charge in [0.1, 0.15) is 0 Å². The minimum atomic E-state index is -3.41. The van der Waals surface area contributed by atoms with E-state index in [0.717, 1.165) is 19.3 Å². The summed E-state index contributed by atoms with van der Waals surface area (Å²) in [6.45, 7) is 1.82. The highest BCUT2D eigenvalue weighted by Crippen LogP contribution is 2.24. The third kappa shape index (κ3) is 2.73. The zero-order chi connectivity index (χ0) is 13.2. The first-order chi connectivity index (χ1) is 8.54. The van der Waals surface area contributed by atoms with E-state index in [0.29, 0.717) is 25.6 Å². The molecular formula is C11H20N4O2S. The number of rotatable bonds is 4. The summed E-state index contributed by atoms with van der Waals surface area (Å²) in [7, 11) is -1.65. The molecule has 1 aromatic rings. The second kappa shape index (κ2) is 5.38. The van der Waals surface area contributed by atoms with Crippen molar-refractivity contribution in [3.05, 3.63) is 12.5 Å². The average Bonchev–Trinajstić information content (AvgIpc) is 2.78. The molecule has 0 atom stereocenters. The molecule has 0 aliphatic carbocycles. The molecule has 6 nitrogen and oxygen atoms in total. The van der Waals surface area contributed by atoms with Crippen LogP contribution in [0.1, 0.15) is 19.3 Å². The molecule has 0 unspecified atom stereocenters. The Kier molecular flexibility index (Phi) is 4.04. The van der Waals surface area contributed by atoms with Crippen molar-refractivity contribution in [2.24, 2.45) is 18.7 Å². The standard InChI is InChI=1S/C11H20N4O2S/c1-14-8-11(13-9-14)18(16,17)15-6-3-10(2-5-12)4-7-15/h8-10H,2-7,12H2,1H3. The Morgan fingerprint density at radius 3 is 2.61 bits per heavy atom. The van der Waals surface area contributed by atoms with Crippen molar-refractivity contribution < 1.29 is 8.42 Å². The number of sulfonamides is 1. The predicted octanol–water partition coefficient (Wildman–Crippen LogP) is 0.170. The number of aromatic nitrogens is 2. The summed E-state index contributed by atoms with van der Waals surface area (Å²) in [5.74, 6) is 0.560. The number of hydrogen-bond acceptors (Lipinski definition) is 4. The van der Waals surface area contributed by atoms with Crippen LogP contribution in [0, 0.1) is 5.92 Å². The summed E-state index contributed by atoms with van der Waals surface area (Å²) >= 11 is 0. The van der Waals surface area contributed by atoms with Crippen LogP contribution in [0.4, 0.5) is 0 Å². The largest absolute Gasteiger partial charge is 0.339 e. The molecule has 1 aliphatic heterocycles. The Bertz CT molecular complexity index is 489. The van der Waals surface area contributed by atoms with Crippen molar-refractivity contribution in [3.63, 3.8) is 0 Å². The number of nitrogens with two attached hydrogens (primary N) is 1. The summed E-state index contributed by atoms with van der Waals surface area (Å²) in [6.07, 6.45) is 5.82. The number of aryl methyl sites for hydroxylation is 1. The first-order valence-electron chi connectivity index (χ1n) is 6.22. The number of imidazole rings is 1. The van der Waals surface area contributed by atoms with Gasteiger partial charge in [-0.3, -0.25) is 0 Å². The molecule has 1 fully saturated rings. The molecule has 0 spiro atoms. The molecule has 2 rings (SSSR count). The lowest BCUT2D eigenvalue weighted by atomic mass is 9.95. The van der Waals surface area contributed by atoms with Gasteiger partial charge >= 0.3 is 0 Å². The van der Waals surface area contributed by atoms with Crippen LogP contribution in [-0.2, 0) is 17.1 Å². The van der Waals surface area contributed by atoms with Crippen LogP contribution in [-0.4, -0.2) is 41.9 Å². The van der Waals surface area contributed by atoms with E-state index in [1.165, 1.54) is 10.6 Å². The van der Waals surface area contributed by atoms with Gasteiger partial charge in [-0.1, -0.05) is 0 Å². The minimum Gasteiger partial charge on any atom is -0.339 e. The third-order valence-corrected chi connectivity index (χ3v) is 5.22. The van der Waals surface area contributed by atoms with E-state index in [9.17, 15) is 8.42 Å². The van der Waals surface area contributed by atoms with Crippen LogP contribution >= 0.6 is 0 Å². The molecular weight excluding hydrogens is 252 g/mol. The Labute approximate surface area is 108 Å². The summed E-state index contributed by atoms with van der Waals surface area (Å²) in [6, 6.07) is 0. The summed E-state index contributed by atoms with van der Waals surface area (Å²) in [4.78, 5) is 3.93. The van der Waals surface area contributed by atoms with E-state index in [4.69, 9.17) is 5.73 Å². The summed E-state index contributed by atoms with van der Waals surface area (Å²) < 4.78 is 27.8. The van der Waals surface area contributed by atoms with Crippen molar-refractivity contribution in [2.75, 3.05) is 19.6 Å². The molecule has 0 bridgehead atoms. The number of hydrogen-bond donors (Lipinski definition) is 1. The van der Waals surface area contributed by atoms with Gasteiger partial charge in [0.25, 0.3) is 10.0 Å². The van der Waals surface area contributed by atoms with Gasteiger partial charge in [-0.25, -0.2) is 13.4 Å². The predicted molar refractivity (Wildman–Crippen MR) is 68.4 cm³/mol. The van der Waals surface area contributed by atoms with Crippen LogP contribution in [0.15, 0.2) is 17.6 Å². The highest BCUT2D eigenvalue weighted by atomic mass is 32.2. The fourth-order valence-electron chi connectivity index (χ4n) is 2.33. The quantitative estimate of drug-likeness (QED) is 0.847.